The van der Waals surface area contributed by atoms with Crippen LogP contribution in [0.4, 0.5) is 4.39 Å². The molecule has 2 unspecified atom stereocenters. The Labute approximate surface area is 103 Å². The molecule has 94 valence electrons. The van der Waals surface area contributed by atoms with Crippen LogP contribution in [0.15, 0.2) is 18.2 Å². The zero-order valence-electron chi connectivity index (χ0n) is 10.6. The normalized spacial score (nSPS) is 25.4. The van der Waals surface area contributed by atoms with E-state index in [2.05, 4.69) is 18.7 Å². The van der Waals surface area contributed by atoms with Crippen molar-refractivity contribution < 1.29 is 4.39 Å². The lowest BCUT2D eigenvalue weighted by atomic mass is 10.0. The van der Waals surface area contributed by atoms with Crippen molar-refractivity contribution in [2.45, 2.75) is 26.9 Å². The van der Waals surface area contributed by atoms with E-state index in [0.717, 1.165) is 24.2 Å². The van der Waals surface area contributed by atoms with Crippen LogP contribution >= 0.6 is 0 Å². The van der Waals surface area contributed by atoms with Crippen molar-refractivity contribution in [3.8, 4) is 0 Å². The number of nitrogens with zero attached hydrogens (tertiary/aromatic N) is 1. The van der Waals surface area contributed by atoms with E-state index in [-0.39, 0.29) is 5.82 Å². The predicted octanol–water partition coefficient (Wildman–Crippen LogP) is 2.37. The largest absolute Gasteiger partial charge is 0.326 e. The first-order valence-electron chi connectivity index (χ1n) is 6.30. The average molecular weight is 236 g/mol. The summed E-state index contributed by atoms with van der Waals surface area (Å²) in [6, 6.07) is 5.18. The van der Waals surface area contributed by atoms with Crippen molar-refractivity contribution in [1.82, 2.24) is 4.90 Å². The van der Waals surface area contributed by atoms with Gasteiger partial charge >= 0.3 is 0 Å². The molecule has 1 aliphatic rings. The first-order chi connectivity index (χ1) is 8.10. The van der Waals surface area contributed by atoms with E-state index in [4.69, 9.17) is 5.73 Å². The van der Waals surface area contributed by atoms with E-state index in [1.54, 1.807) is 6.07 Å². The van der Waals surface area contributed by atoms with Gasteiger partial charge in [-0.2, -0.15) is 0 Å². The molecular formula is C14H21FN2. The number of halogens is 1. The van der Waals surface area contributed by atoms with Gasteiger partial charge in [0.2, 0.25) is 0 Å². The van der Waals surface area contributed by atoms with Gasteiger partial charge in [-0.15, -0.1) is 0 Å². The van der Waals surface area contributed by atoms with Gasteiger partial charge in [0.05, 0.1) is 0 Å². The van der Waals surface area contributed by atoms with Crippen LogP contribution in [0.2, 0.25) is 0 Å². The van der Waals surface area contributed by atoms with Crippen LogP contribution in [0.3, 0.4) is 0 Å². The fraction of sp³-hybridized carbons (Fsp3) is 0.571. The minimum atomic E-state index is -0.116. The molecule has 0 spiro atoms. The Balaban J connectivity index is 2.08. The topological polar surface area (TPSA) is 29.3 Å². The van der Waals surface area contributed by atoms with Gasteiger partial charge in [-0.25, -0.2) is 4.39 Å². The summed E-state index contributed by atoms with van der Waals surface area (Å²) in [6.07, 6.45) is 0. The second-order valence-electron chi connectivity index (χ2n) is 5.28. The molecule has 0 saturated carbocycles. The first-order valence-corrected chi connectivity index (χ1v) is 6.30. The average Bonchev–Trinajstić information content (AvgIpc) is 2.61. The van der Waals surface area contributed by atoms with Gasteiger partial charge in [-0.05, 0) is 23.5 Å². The molecule has 17 heavy (non-hydrogen) atoms. The fourth-order valence-electron chi connectivity index (χ4n) is 2.50. The Morgan fingerprint density at radius 1 is 1.29 bits per heavy atom. The summed E-state index contributed by atoms with van der Waals surface area (Å²) in [5.41, 5.74) is 7.36. The molecule has 0 radical (unpaired) electrons. The SMILES string of the molecule is CC1CN(Cc2cc(CN)ccc2F)CC1C. The van der Waals surface area contributed by atoms with Gasteiger partial charge in [0.25, 0.3) is 0 Å². The van der Waals surface area contributed by atoms with Crippen LogP contribution < -0.4 is 5.73 Å². The standard InChI is InChI=1S/C14H21FN2/c1-10-7-17(8-11(10)2)9-13-5-12(6-16)3-4-14(13)15/h3-5,10-11H,6-9,16H2,1-2H3. The summed E-state index contributed by atoms with van der Waals surface area (Å²) in [7, 11) is 0. The van der Waals surface area contributed by atoms with E-state index in [1.165, 1.54) is 6.07 Å². The van der Waals surface area contributed by atoms with Crippen LogP contribution in [-0.4, -0.2) is 18.0 Å². The molecule has 1 aliphatic heterocycles. The number of benzene rings is 1. The minimum absolute atomic E-state index is 0.116. The summed E-state index contributed by atoms with van der Waals surface area (Å²) in [6.45, 7) is 7.82. The van der Waals surface area contributed by atoms with Crippen molar-refractivity contribution in [3.05, 3.63) is 35.1 Å². The number of hydrogen-bond donors (Lipinski definition) is 1. The van der Waals surface area contributed by atoms with Crippen LogP contribution in [0.1, 0.15) is 25.0 Å². The van der Waals surface area contributed by atoms with Gasteiger partial charge < -0.3 is 5.73 Å². The van der Waals surface area contributed by atoms with Gasteiger partial charge in [0.15, 0.2) is 0 Å². The third-order valence-electron chi connectivity index (χ3n) is 3.80. The minimum Gasteiger partial charge on any atom is -0.326 e. The van der Waals surface area contributed by atoms with Crippen molar-refractivity contribution in [3.63, 3.8) is 0 Å². The van der Waals surface area contributed by atoms with Gasteiger partial charge in [0.1, 0.15) is 5.82 Å². The lowest BCUT2D eigenvalue weighted by Crippen LogP contribution is -2.21. The number of hydrogen-bond acceptors (Lipinski definition) is 2. The monoisotopic (exact) mass is 236 g/mol. The molecule has 1 saturated heterocycles. The Morgan fingerprint density at radius 3 is 2.53 bits per heavy atom. The smallest absolute Gasteiger partial charge is 0.127 e. The highest BCUT2D eigenvalue weighted by atomic mass is 19.1. The quantitative estimate of drug-likeness (QED) is 0.873. The zero-order chi connectivity index (χ0) is 12.4. The fourth-order valence-corrected chi connectivity index (χ4v) is 2.50. The molecular weight excluding hydrogens is 215 g/mol. The maximum atomic E-state index is 13.7. The van der Waals surface area contributed by atoms with E-state index in [0.29, 0.717) is 24.9 Å². The summed E-state index contributed by atoms with van der Waals surface area (Å²) >= 11 is 0. The Morgan fingerprint density at radius 2 is 1.94 bits per heavy atom. The van der Waals surface area contributed by atoms with Gasteiger partial charge in [-0.1, -0.05) is 26.0 Å². The van der Waals surface area contributed by atoms with Crippen LogP contribution in [0.5, 0.6) is 0 Å². The van der Waals surface area contributed by atoms with E-state index in [1.807, 2.05) is 6.07 Å². The molecule has 1 aromatic rings. The summed E-state index contributed by atoms with van der Waals surface area (Å²) in [4.78, 5) is 2.33. The maximum Gasteiger partial charge on any atom is 0.127 e. The second-order valence-corrected chi connectivity index (χ2v) is 5.28. The van der Waals surface area contributed by atoms with Crippen molar-refractivity contribution in [2.24, 2.45) is 17.6 Å². The number of rotatable bonds is 3. The van der Waals surface area contributed by atoms with E-state index < -0.39 is 0 Å². The molecule has 2 nitrogen and oxygen atoms in total. The Kier molecular flexibility index (Phi) is 3.79. The molecule has 2 N–H and O–H groups in total. The molecule has 3 heteroatoms. The Hall–Kier alpha value is -0.930. The lowest BCUT2D eigenvalue weighted by molar-refractivity contribution is 0.310. The highest BCUT2D eigenvalue weighted by molar-refractivity contribution is 5.25. The number of nitrogens with two attached hydrogens (primary N) is 1. The third-order valence-corrected chi connectivity index (χ3v) is 3.80. The summed E-state index contributed by atoms with van der Waals surface area (Å²) < 4.78 is 13.7. The van der Waals surface area contributed by atoms with Crippen molar-refractivity contribution in [1.29, 1.82) is 0 Å². The lowest BCUT2D eigenvalue weighted by Gasteiger charge is -2.16. The molecule has 1 heterocycles. The van der Waals surface area contributed by atoms with E-state index >= 15 is 0 Å². The van der Waals surface area contributed by atoms with Gasteiger partial charge in [-0.3, -0.25) is 4.90 Å². The van der Waals surface area contributed by atoms with Crippen LogP contribution in [-0.2, 0) is 13.1 Å². The molecule has 0 aromatic heterocycles. The Bertz CT molecular complexity index is 382. The molecule has 2 atom stereocenters. The van der Waals surface area contributed by atoms with Gasteiger partial charge in [0, 0.05) is 31.7 Å². The second kappa shape index (κ2) is 5.15. The molecule has 1 aromatic carbocycles. The summed E-state index contributed by atoms with van der Waals surface area (Å²) in [5, 5.41) is 0. The third kappa shape index (κ3) is 2.85. The van der Waals surface area contributed by atoms with Crippen LogP contribution in [0, 0.1) is 17.7 Å². The molecule has 0 bridgehead atoms. The highest BCUT2D eigenvalue weighted by Gasteiger charge is 2.26. The first kappa shape index (κ1) is 12.5. The van der Waals surface area contributed by atoms with Crippen molar-refractivity contribution >= 4 is 0 Å². The summed E-state index contributed by atoms with van der Waals surface area (Å²) in [5.74, 6) is 1.29. The van der Waals surface area contributed by atoms with Crippen LogP contribution in [0.25, 0.3) is 0 Å². The van der Waals surface area contributed by atoms with Crippen molar-refractivity contribution in [2.75, 3.05) is 13.1 Å². The maximum absolute atomic E-state index is 13.7. The predicted molar refractivity (Wildman–Crippen MR) is 67.9 cm³/mol. The molecule has 0 aliphatic carbocycles. The molecule has 2 rings (SSSR count). The highest BCUT2D eigenvalue weighted by Crippen LogP contribution is 2.24. The van der Waals surface area contributed by atoms with E-state index in [9.17, 15) is 4.39 Å². The number of likely N-dealkylation sites (tertiary alicyclic amines) is 1. The molecule has 0 amide bonds. The zero-order valence-corrected chi connectivity index (χ0v) is 10.6. The molecule has 1 fully saturated rings.